The molecule has 1 aromatic rings. The Kier molecular flexibility index (Phi) is 3.69. The van der Waals surface area contributed by atoms with Crippen LogP contribution in [0.3, 0.4) is 0 Å². The first-order valence-corrected chi connectivity index (χ1v) is 6.95. The molecule has 2 heterocycles. The minimum atomic E-state index is 0.0360. The van der Waals surface area contributed by atoms with Crippen molar-refractivity contribution in [3.05, 3.63) is 29.8 Å². The summed E-state index contributed by atoms with van der Waals surface area (Å²) in [6.07, 6.45) is 3.67. The highest BCUT2D eigenvalue weighted by Gasteiger charge is 2.28. The summed E-state index contributed by atoms with van der Waals surface area (Å²) in [4.78, 5) is 4.56. The molecule has 4 heteroatoms. The standard InChI is InChI=1S/C15H20N2O2/c1-18-12-6-4-5-11(9-12)14-10-17-15(19-14)13-7-2-3-8-16-13/h4-6,9,13-14,16H,2-3,7-8,10H2,1H3. The molecule has 2 unspecified atom stereocenters. The summed E-state index contributed by atoms with van der Waals surface area (Å²) in [7, 11) is 1.68. The molecule has 19 heavy (non-hydrogen) atoms. The van der Waals surface area contributed by atoms with E-state index in [2.05, 4.69) is 16.4 Å². The molecule has 0 bridgehead atoms. The van der Waals surface area contributed by atoms with E-state index >= 15 is 0 Å². The average Bonchev–Trinajstić information content (AvgIpc) is 2.98. The van der Waals surface area contributed by atoms with Crippen LogP contribution in [-0.4, -0.2) is 32.1 Å². The van der Waals surface area contributed by atoms with Crippen molar-refractivity contribution in [2.75, 3.05) is 20.2 Å². The molecule has 0 spiro atoms. The lowest BCUT2D eigenvalue weighted by molar-refractivity contribution is 0.212. The van der Waals surface area contributed by atoms with Crippen LogP contribution in [0.1, 0.15) is 30.9 Å². The number of ether oxygens (including phenoxy) is 2. The van der Waals surface area contributed by atoms with Gasteiger partial charge in [-0.25, -0.2) is 4.99 Å². The smallest absolute Gasteiger partial charge is 0.201 e. The molecule has 2 atom stereocenters. The Labute approximate surface area is 113 Å². The zero-order chi connectivity index (χ0) is 13.1. The number of methoxy groups -OCH3 is 1. The molecule has 2 aliphatic heterocycles. The molecular weight excluding hydrogens is 240 g/mol. The highest BCUT2D eigenvalue weighted by molar-refractivity contribution is 5.83. The van der Waals surface area contributed by atoms with Crippen molar-refractivity contribution in [3.8, 4) is 5.75 Å². The number of nitrogens with one attached hydrogen (secondary N) is 1. The Hall–Kier alpha value is -1.55. The van der Waals surface area contributed by atoms with Gasteiger partial charge in [-0.2, -0.15) is 0 Å². The van der Waals surface area contributed by atoms with Crippen LogP contribution in [0.4, 0.5) is 0 Å². The van der Waals surface area contributed by atoms with Gasteiger partial charge >= 0.3 is 0 Å². The monoisotopic (exact) mass is 260 g/mol. The van der Waals surface area contributed by atoms with Gasteiger partial charge in [0.2, 0.25) is 5.90 Å². The van der Waals surface area contributed by atoms with Crippen LogP contribution in [0.25, 0.3) is 0 Å². The first-order chi connectivity index (χ1) is 9.36. The zero-order valence-corrected chi connectivity index (χ0v) is 11.3. The van der Waals surface area contributed by atoms with Crippen LogP contribution in [0.5, 0.6) is 5.75 Å². The third-order valence-corrected chi connectivity index (χ3v) is 3.75. The van der Waals surface area contributed by atoms with E-state index in [0.29, 0.717) is 12.6 Å². The number of aliphatic imine (C=N–C) groups is 1. The SMILES string of the molecule is COc1cccc(C2CN=C(C3CCCCN3)O2)c1. The van der Waals surface area contributed by atoms with Gasteiger partial charge in [0.1, 0.15) is 11.9 Å². The lowest BCUT2D eigenvalue weighted by atomic mass is 10.1. The first kappa shape index (κ1) is 12.5. The molecule has 3 rings (SSSR count). The van der Waals surface area contributed by atoms with Gasteiger partial charge in [0, 0.05) is 0 Å². The predicted octanol–water partition coefficient (Wildman–Crippen LogP) is 2.31. The number of hydrogen-bond donors (Lipinski definition) is 1. The lowest BCUT2D eigenvalue weighted by Crippen LogP contribution is -2.40. The molecule has 0 aliphatic carbocycles. The molecule has 102 valence electrons. The van der Waals surface area contributed by atoms with E-state index in [1.54, 1.807) is 7.11 Å². The maximum atomic E-state index is 6.02. The van der Waals surface area contributed by atoms with Crippen LogP contribution >= 0.6 is 0 Å². The molecule has 2 aliphatic rings. The second kappa shape index (κ2) is 5.61. The molecule has 0 amide bonds. The minimum Gasteiger partial charge on any atom is -0.497 e. The highest BCUT2D eigenvalue weighted by Crippen LogP contribution is 2.27. The van der Waals surface area contributed by atoms with Crippen LogP contribution in [0.15, 0.2) is 29.3 Å². The van der Waals surface area contributed by atoms with Gasteiger partial charge in [0.05, 0.1) is 19.7 Å². The third kappa shape index (κ3) is 2.73. The number of nitrogens with zero attached hydrogens (tertiary/aromatic N) is 1. The number of piperidine rings is 1. The Bertz CT molecular complexity index is 467. The van der Waals surface area contributed by atoms with Crippen LogP contribution in [0, 0.1) is 0 Å². The fourth-order valence-corrected chi connectivity index (χ4v) is 2.66. The molecule has 0 aromatic heterocycles. The first-order valence-electron chi connectivity index (χ1n) is 6.95. The van der Waals surface area contributed by atoms with Crippen molar-refractivity contribution in [1.29, 1.82) is 0 Å². The Morgan fingerprint density at radius 2 is 2.32 bits per heavy atom. The molecule has 0 radical (unpaired) electrons. The van der Waals surface area contributed by atoms with Crippen molar-refractivity contribution in [1.82, 2.24) is 5.32 Å². The van der Waals surface area contributed by atoms with Crippen LogP contribution in [0.2, 0.25) is 0 Å². The van der Waals surface area contributed by atoms with Gasteiger partial charge < -0.3 is 14.8 Å². The van der Waals surface area contributed by atoms with Gasteiger partial charge in [-0.05, 0) is 37.1 Å². The number of rotatable bonds is 3. The Morgan fingerprint density at radius 1 is 1.37 bits per heavy atom. The molecule has 1 saturated heterocycles. The quantitative estimate of drug-likeness (QED) is 0.907. The van der Waals surface area contributed by atoms with Gasteiger partial charge in [-0.15, -0.1) is 0 Å². The second-order valence-electron chi connectivity index (χ2n) is 5.06. The van der Waals surface area contributed by atoms with E-state index in [1.165, 1.54) is 12.8 Å². The summed E-state index contributed by atoms with van der Waals surface area (Å²) in [5.41, 5.74) is 1.13. The van der Waals surface area contributed by atoms with Crippen molar-refractivity contribution in [2.24, 2.45) is 4.99 Å². The van der Waals surface area contributed by atoms with Gasteiger partial charge in [0.15, 0.2) is 0 Å². The van der Waals surface area contributed by atoms with Crippen molar-refractivity contribution in [2.45, 2.75) is 31.4 Å². The Morgan fingerprint density at radius 3 is 3.11 bits per heavy atom. The van der Waals surface area contributed by atoms with Crippen molar-refractivity contribution < 1.29 is 9.47 Å². The number of hydrogen-bond acceptors (Lipinski definition) is 4. The molecule has 1 aromatic carbocycles. The fourth-order valence-electron chi connectivity index (χ4n) is 2.66. The molecular formula is C15H20N2O2. The topological polar surface area (TPSA) is 42.8 Å². The Balaban J connectivity index is 1.66. The summed E-state index contributed by atoms with van der Waals surface area (Å²) in [5.74, 6) is 1.75. The molecule has 1 N–H and O–H groups in total. The van der Waals surface area contributed by atoms with E-state index < -0.39 is 0 Å². The molecule has 1 fully saturated rings. The van der Waals surface area contributed by atoms with Crippen LogP contribution < -0.4 is 10.1 Å². The number of benzene rings is 1. The van der Waals surface area contributed by atoms with E-state index in [-0.39, 0.29) is 6.10 Å². The van der Waals surface area contributed by atoms with Gasteiger partial charge in [-0.1, -0.05) is 18.6 Å². The summed E-state index contributed by atoms with van der Waals surface area (Å²) >= 11 is 0. The van der Waals surface area contributed by atoms with E-state index in [9.17, 15) is 0 Å². The van der Waals surface area contributed by atoms with Gasteiger partial charge in [0.25, 0.3) is 0 Å². The lowest BCUT2D eigenvalue weighted by Gasteiger charge is -2.23. The summed E-state index contributed by atoms with van der Waals surface area (Å²) < 4.78 is 11.3. The highest BCUT2D eigenvalue weighted by atomic mass is 16.5. The van der Waals surface area contributed by atoms with Crippen molar-refractivity contribution in [3.63, 3.8) is 0 Å². The fraction of sp³-hybridized carbons (Fsp3) is 0.533. The average molecular weight is 260 g/mol. The maximum Gasteiger partial charge on any atom is 0.201 e. The summed E-state index contributed by atoms with van der Waals surface area (Å²) in [5, 5.41) is 3.48. The van der Waals surface area contributed by atoms with Gasteiger partial charge in [-0.3, -0.25) is 0 Å². The predicted molar refractivity (Wildman–Crippen MR) is 74.8 cm³/mol. The minimum absolute atomic E-state index is 0.0360. The van der Waals surface area contributed by atoms with E-state index in [0.717, 1.165) is 30.2 Å². The second-order valence-corrected chi connectivity index (χ2v) is 5.06. The van der Waals surface area contributed by atoms with E-state index in [1.807, 2.05) is 18.2 Å². The van der Waals surface area contributed by atoms with E-state index in [4.69, 9.17) is 9.47 Å². The normalized spacial score (nSPS) is 26.7. The maximum absolute atomic E-state index is 6.02. The molecule has 4 nitrogen and oxygen atoms in total. The summed E-state index contributed by atoms with van der Waals surface area (Å²) in [6, 6.07) is 8.35. The van der Waals surface area contributed by atoms with Crippen molar-refractivity contribution >= 4 is 5.90 Å². The van der Waals surface area contributed by atoms with Crippen LogP contribution in [-0.2, 0) is 4.74 Å². The molecule has 0 saturated carbocycles. The third-order valence-electron chi connectivity index (χ3n) is 3.75. The largest absolute Gasteiger partial charge is 0.497 e. The zero-order valence-electron chi connectivity index (χ0n) is 11.3. The summed E-state index contributed by atoms with van der Waals surface area (Å²) in [6.45, 7) is 1.78.